The fraction of sp³-hybridized carbons (Fsp3) is 0.647. The predicted molar refractivity (Wildman–Crippen MR) is 87.5 cm³/mol. The molecular weight excluding hydrogens is 248 g/mol. The Balaban J connectivity index is 2.75. The number of methoxy groups -OCH3 is 1. The smallest absolute Gasteiger partial charge is 0.0637 e. The Kier molecular flexibility index (Phi) is 7.63. The van der Waals surface area contributed by atoms with Crippen LogP contribution in [0.4, 0.5) is 5.69 Å². The normalized spacial score (nSPS) is 12.7. The number of hydrogen-bond acceptors (Lipinski definition) is 3. The molecule has 3 nitrogen and oxygen atoms in total. The molecule has 0 saturated carbocycles. The zero-order chi connectivity index (χ0) is 15.0. The van der Waals surface area contributed by atoms with Gasteiger partial charge in [-0.05, 0) is 37.1 Å². The highest BCUT2D eigenvalue weighted by Crippen LogP contribution is 2.20. The molecule has 0 fully saturated rings. The third kappa shape index (κ3) is 5.51. The van der Waals surface area contributed by atoms with Crippen LogP contribution in [0.25, 0.3) is 0 Å². The molecule has 114 valence electrons. The van der Waals surface area contributed by atoms with Crippen molar-refractivity contribution in [3.05, 3.63) is 29.8 Å². The molecule has 0 radical (unpaired) electrons. The molecule has 1 atom stereocenters. The minimum absolute atomic E-state index is 0.409. The van der Waals surface area contributed by atoms with Crippen LogP contribution in [0.5, 0.6) is 0 Å². The average Bonchev–Trinajstić information content (AvgIpc) is 2.43. The van der Waals surface area contributed by atoms with E-state index >= 15 is 0 Å². The number of anilines is 1. The summed E-state index contributed by atoms with van der Waals surface area (Å²) in [6, 6.07) is 9.31. The van der Waals surface area contributed by atoms with E-state index in [-0.39, 0.29) is 0 Å². The first-order valence-corrected chi connectivity index (χ1v) is 7.65. The maximum atomic E-state index is 5.22. The van der Waals surface area contributed by atoms with Gasteiger partial charge in [0.25, 0.3) is 0 Å². The van der Waals surface area contributed by atoms with Crippen LogP contribution in [0.15, 0.2) is 24.3 Å². The third-order valence-corrected chi connectivity index (χ3v) is 3.42. The Bertz CT molecular complexity index is 362. The summed E-state index contributed by atoms with van der Waals surface area (Å²) in [6.07, 6.45) is 0. The monoisotopic (exact) mass is 278 g/mol. The van der Waals surface area contributed by atoms with E-state index in [4.69, 9.17) is 4.74 Å². The molecule has 0 saturated heterocycles. The van der Waals surface area contributed by atoms with E-state index in [1.54, 1.807) is 7.11 Å². The number of rotatable bonds is 9. The van der Waals surface area contributed by atoms with Gasteiger partial charge in [-0.15, -0.1) is 0 Å². The summed E-state index contributed by atoms with van der Waals surface area (Å²) in [4.78, 5) is 2.40. The number of ether oxygens (including phenoxy) is 1. The van der Waals surface area contributed by atoms with Crippen LogP contribution < -0.4 is 10.2 Å². The summed E-state index contributed by atoms with van der Waals surface area (Å²) in [7, 11) is 1.76. The number of nitrogens with zero attached hydrogens (tertiary/aromatic N) is 1. The molecule has 0 bridgehead atoms. The molecule has 0 aromatic heterocycles. The van der Waals surface area contributed by atoms with Gasteiger partial charge in [0.2, 0.25) is 0 Å². The maximum absolute atomic E-state index is 5.22. The Hall–Kier alpha value is -1.06. The van der Waals surface area contributed by atoms with E-state index in [0.717, 1.165) is 26.2 Å². The molecule has 0 aliphatic heterocycles. The quantitative estimate of drug-likeness (QED) is 0.748. The lowest BCUT2D eigenvalue weighted by Crippen LogP contribution is -2.31. The first-order chi connectivity index (χ1) is 9.58. The van der Waals surface area contributed by atoms with Gasteiger partial charge in [-0.2, -0.15) is 0 Å². The number of nitrogens with one attached hydrogen (secondary N) is 1. The highest BCUT2D eigenvalue weighted by molar-refractivity contribution is 5.48. The van der Waals surface area contributed by atoms with Crippen LogP contribution in [-0.2, 0) is 4.74 Å². The van der Waals surface area contributed by atoms with Gasteiger partial charge >= 0.3 is 0 Å². The fourth-order valence-corrected chi connectivity index (χ4v) is 2.37. The first kappa shape index (κ1) is 17.0. The fourth-order valence-electron chi connectivity index (χ4n) is 2.37. The van der Waals surface area contributed by atoms with Gasteiger partial charge < -0.3 is 15.0 Å². The summed E-state index contributed by atoms with van der Waals surface area (Å²) in [6.45, 7) is 12.6. The molecule has 0 spiro atoms. The maximum Gasteiger partial charge on any atom is 0.0637 e. The lowest BCUT2D eigenvalue weighted by Gasteiger charge is -2.27. The molecule has 0 heterocycles. The van der Waals surface area contributed by atoms with Gasteiger partial charge in [-0.1, -0.05) is 32.9 Å². The largest absolute Gasteiger partial charge is 0.383 e. The van der Waals surface area contributed by atoms with Crippen molar-refractivity contribution in [3.63, 3.8) is 0 Å². The van der Waals surface area contributed by atoms with Crippen molar-refractivity contribution in [2.45, 2.75) is 33.7 Å². The van der Waals surface area contributed by atoms with Crippen LogP contribution in [0.3, 0.4) is 0 Å². The molecule has 20 heavy (non-hydrogen) atoms. The topological polar surface area (TPSA) is 24.5 Å². The van der Waals surface area contributed by atoms with E-state index in [0.29, 0.717) is 12.0 Å². The second kappa shape index (κ2) is 8.98. The van der Waals surface area contributed by atoms with Gasteiger partial charge in [0.1, 0.15) is 0 Å². The van der Waals surface area contributed by atoms with Crippen LogP contribution in [0.2, 0.25) is 0 Å². The lowest BCUT2D eigenvalue weighted by molar-refractivity contribution is 0.204. The predicted octanol–water partition coefficient (Wildman–Crippen LogP) is 3.47. The molecule has 0 aliphatic carbocycles. The molecule has 3 heteroatoms. The van der Waals surface area contributed by atoms with Crippen LogP contribution >= 0.6 is 0 Å². The second-order valence-electron chi connectivity index (χ2n) is 5.70. The summed E-state index contributed by atoms with van der Waals surface area (Å²) in [5.41, 5.74) is 2.62. The summed E-state index contributed by atoms with van der Waals surface area (Å²) in [5, 5.41) is 3.44. The van der Waals surface area contributed by atoms with Gasteiger partial charge in [-0.3, -0.25) is 0 Å². The summed E-state index contributed by atoms with van der Waals surface area (Å²) < 4.78 is 5.22. The molecule has 0 aliphatic rings. The Morgan fingerprint density at radius 3 is 2.30 bits per heavy atom. The third-order valence-electron chi connectivity index (χ3n) is 3.42. The lowest BCUT2D eigenvalue weighted by atomic mass is 10.1. The van der Waals surface area contributed by atoms with Crippen LogP contribution in [0, 0.1) is 5.92 Å². The number of benzene rings is 1. The van der Waals surface area contributed by atoms with E-state index in [9.17, 15) is 0 Å². The van der Waals surface area contributed by atoms with Crippen molar-refractivity contribution in [2.75, 3.05) is 38.3 Å². The molecule has 1 rings (SSSR count). The van der Waals surface area contributed by atoms with E-state index < -0.39 is 0 Å². The molecular formula is C17H30N2O. The Morgan fingerprint density at radius 2 is 1.80 bits per heavy atom. The van der Waals surface area contributed by atoms with E-state index in [2.05, 4.69) is 62.2 Å². The van der Waals surface area contributed by atoms with Crippen molar-refractivity contribution in [1.82, 2.24) is 5.32 Å². The van der Waals surface area contributed by atoms with Crippen molar-refractivity contribution in [3.8, 4) is 0 Å². The van der Waals surface area contributed by atoms with Crippen LogP contribution in [-0.4, -0.2) is 33.4 Å². The highest BCUT2D eigenvalue weighted by Gasteiger charge is 2.09. The molecule has 1 N–H and O–H groups in total. The molecule has 1 aromatic carbocycles. The van der Waals surface area contributed by atoms with Gasteiger partial charge in [-0.25, -0.2) is 0 Å². The SMILES string of the molecule is CCNC(C)c1ccc(N(CCOC)CC(C)C)cc1. The van der Waals surface area contributed by atoms with E-state index in [1.165, 1.54) is 11.3 Å². The minimum atomic E-state index is 0.409. The number of hydrogen-bond donors (Lipinski definition) is 1. The zero-order valence-electron chi connectivity index (χ0n) is 13.6. The van der Waals surface area contributed by atoms with Gasteiger partial charge in [0.05, 0.1) is 6.61 Å². The minimum Gasteiger partial charge on any atom is -0.383 e. The first-order valence-electron chi connectivity index (χ1n) is 7.65. The summed E-state index contributed by atoms with van der Waals surface area (Å²) >= 11 is 0. The van der Waals surface area contributed by atoms with Gasteiger partial charge in [0, 0.05) is 31.9 Å². The average molecular weight is 278 g/mol. The van der Waals surface area contributed by atoms with Crippen molar-refractivity contribution in [1.29, 1.82) is 0 Å². The Labute approximate surface area is 124 Å². The second-order valence-corrected chi connectivity index (χ2v) is 5.70. The van der Waals surface area contributed by atoms with Gasteiger partial charge in [0.15, 0.2) is 0 Å². The van der Waals surface area contributed by atoms with E-state index in [1.807, 2.05) is 0 Å². The highest BCUT2D eigenvalue weighted by atomic mass is 16.5. The molecule has 1 unspecified atom stereocenters. The Morgan fingerprint density at radius 1 is 1.15 bits per heavy atom. The molecule has 1 aromatic rings. The zero-order valence-corrected chi connectivity index (χ0v) is 13.6. The molecule has 0 amide bonds. The van der Waals surface area contributed by atoms with Crippen molar-refractivity contribution >= 4 is 5.69 Å². The summed E-state index contributed by atoms with van der Waals surface area (Å²) in [5.74, 6) is 0.646. The van der Waals surface area contributed by atoms with Crippen molar-refractivity contribution in [2.24, 2.45) is 5.92 Å². The standard InChI is InChI=1S/C17H30N2O/c1-6-18-15(4)16-7-9-17(10-8-16)19(11-12-20-5)13-14(2)3/h7-10,14-15,18H,6,11-13H2,1-5H3. The van der Waals surface area contributed by atoms with Crippen LogP contribution in [0.1, 0.15) is 39.3 Å². The van der Waals surface area contributed by atoms with Crippen molar-refractivity contribution < 1.29 is 4.74 Å².